The monoisotopic (exact) mass is 276 g/mol. The molecule has 0 amide bonds. The summed E-state index contributed by atoms with van der Waals surface area (Å²) < 4.78 is 0. The van der Waals surface area contributed by atoms with Crippen LogP contribution in [0.5, 0.6) is 0 Å². The van der Waals surface area contributed by atoms with Gasteiger partial charge in [0, 0.05) is 22.4 Å². The average molecular weight is 276 g/mol. The quantitative estimate of drug-likeness (QED) is 0.675. The number of nitrogen functional groups attached to an aromatic ring is 1. The standard InChI is InChI=1S/C16H24N2S/c17-14-7-1-2-9-16(14)19-12-13-6-5-11-18-10-4-3-8-15(13)18/h1-2,7,9,13,15H,3-6,8,10-12,17H2/t13-,15-/m1/s1. The van der Waals surface area contributed by atoms with Gasteiger partial charge in [0.15, 0.2) is 0 Å². The van der Waals surface area contributed by atoms with Crippen molar-refractivity contribution in [2.24, 2.45) is 5.92 Å². The molecule has 2 atom stereocenters. The molecule has 0 aliphatic carbocycles. The number of anilines is 1. The van der Waals surface area contributed by atoms with E-state index in [2.05, 4.69) is 17.0 Å². The first-order valence-electron chi connectivity index (χ1n) is 7.56. The van der Waals surface area contributed by atoms with Crippen LogP contribution in [0.2, 0.25) is 0 Å². The summed E-state index contributed by atoms with van der Waals surface area (Å²) in [6, 6.07) is 9.12. The summed E-state index contributed by atoms with van der Waals surface area (Å²) in [4.78, 5) is 4.00. The molecule has 0 saturated carbocycles. The SMILES string of the molecule is Nc1ccccc1SC[C@H]1CCCN2CCCC[C@H]12. The molecule has 0 aromatic heterocycles. The zero-order chi connectivity index (χ0) is 13.1. The molecule has 2 aliphatic rings. The lowest BCUT2D eigenvalue weighted by Gasteiger charge is -2.44. The lowest BCUT2D eigenvalue weighted by Crippen LogP contribution is -2.48. The maximum Gasteiger partial charge on any atom is 0.0452 e. The van der Waals surface area contributed by atoms with Crippen molar-refractivity contribution < 1.29 is 0 Å². The van der Waals surface area contributed by atoms with Crippen LogP contribution >= 0.6 is 11.8 Å². The van der Waals surface area contributed by atoms with Gasteiger partial charge >= 0.3 is 0 Å². The van der Waals surface area contributed by atoms with Crippen molar-refractivity contribution in [3.8, 4) is 0 Å². The summed E-state index contributed by atoms with van der Waals surface area (Å²) in [6.07, 6.45) is 7.03. The molecule has 3 rings (SSSR count). The minimum atomic E-state index is 0.847. The minimum absolute atomic E-state index is 0.847. The number of nitrogens with two attached hydrogens (primary N) is 1. The van der Waals surface area contributed by atoms with E-state index in [9.17, 15) is 0 Å². The van der Waals surface area contributed by atoms with Gasteiger partial charge in [0.05, 0.1) is 0 Å². The van der Waals surface area contributed by atoms with E-state index in [4.69, 9.17) is 5.73 Å². The fraction of sp³-hybridized carbons (Fsp3) is 0.625. The molecule has 1 aromatic carbocycles. The second-order valence-corrected chi connectivity index (χ2v) is 6.91. The molecular formula is C16H24N2S. The third-order valence-corrected chi connectivity index (χ3v) is 5.88. The van der Waals surface area contributed by atoms with Gasteiger partial charge < -0.3 is 10.6 Å². The topological polar surface area (TPSA) is 29.3 Å². The first kappa shape index (κ1) is 13.3. The third kappa shape index (κ3) is 3.09. The Bertz CT molecular complexity index is 419. The van der Waals surface area contributed by atoms with Gasteiger partial charge in [-0.15, -0.1) is 11.8 Å². The van der Waals surface area contributed by atoms with Crippen LogP contribution in [0.3, 0.4) is 0 Å². The number of piperidine rings is 2. The summed E-state index contributed by atoms with van der Waals surface area (Å²) in [5.74, 6) is 2.09. The Hall–Kier alpha value is -0.670. The van der Waals surface area contributed by atoms with Gasteiger partial charge in [-0.05, 0) is 56.8 Å². The van der Waals surface area contributed by atoms with E-state index in [1.807, 2.05) is 23.9 Å². The first-order chi connectivity index (χ1) is 9.34. The molecule has 2 N–H and O–H groups in total. The molecule has 0 bridgehead atoms. The molecule has 104 valence electrons. The van der Waals surface area contributed by atoms with Crippen molar-refractivity contribution in [1.82, 2.24) is 4.90 Å². The fourth-order valence-electron chi connectivity index (χ4n) is 3.58. The van der Waals surface area contributed by atoms with Crippen LogP contribution in [0.15, 0.2) is 29.2 Å². The van der Waals surface area contributed by atoms with E-state index in [1.54, 1.807) is 0 Å². The van der Waals surface area contributed by atoms with Gasteiger partial charge in [0.1, 0.15) is 0 Å². The minimum Gasteiger partial charge on any atom is -0.398 e. The van der Waals surface area contributed by atoms with Crippen LogP contribution in [0.1, 0.15) is 32.1 Å². The Labute approximate surface area is 120 Å². The van der Waals surface area contributed by atoms with E-state index >= 15 is 0 Å². The van der Waals surface area contributed by atoms with Gasteiger partial charge in [-0.3, -0.25) is 0 Å². The summed E-state index contributed by atoms with van der Waals surface area (Å²) in [7, 11) is 0. The van der Waals surface area contributed by atoms with E-state index in [1.165, 1.54) is 55.8 Å². The molecule has 2 saturated heterocycles. The second kappa shape index (κ2) is 6.19. The molecule has 19 heavy (non-hydrogen) atoms. The molecule has 2 aliphatic heterocycles. The van der Waals surface area contributed by atoms with Crippen molar-refractivity contribution >= 4 is 17.4 Å². The second-order valence-electron chi connectivity index (χ2n) is 5.85. The number of para-hydroxylation sites is 1. The number of benzene rings is 1. The summed E-state index contributed by atoms with van der Waals surface area (Å²) in [5.41, 5.74) is 6.97. The van der Waals surface area contributed by atoms with E-state index < -0.39 is 0 Å². The first-order valence-corrected chi connectivity index (χ1v) is 8.54. The van der Waals surface area contributed by atoms with Crippen LogP contribution in [0.4, 0.5) is 5.69 Å². The van der Waals surface area contributed by atoms with Crippen molar-refractivity contribution in [3.63, 3.8) is 0 Å². The predicted octanol–water partition coefficient (Wildman–Crippen LogP) is 3.63. The Kier molecular flexibility index (Phi) is 4.34. The highest BCUT2D eigenvalue weighted by molar-refractivity contribution is 7.99. The highest BCUT2D eigenvalue weighted by atomic mass is 32.2. The average Bonchev–Trinajstić information content (AvgIpc) is 2.46. The molecule has 2 heterocycles. The number of rotatable bonds is 3. The fourth-order valence-corrected chi connectivity index (χ4v) is 4.77. The van der Waals surface area contributed by atoms with Gasteiger partial charge in [-0.1, -0.05) is 18.6 Å². The summed E-state index contributed by atoms with van der Waals surface area (Å²) in [6.45, 7) is 2.67. The number of thioether (sulfide) groups is 1. The molecule has 0 radical (unpaired) electrons. The van der Waals surface area contributed by atoms with Gasteiger partial charge in [0.25, 0.3) is 0 Å². The lowest BCUT2D eigenvalue weighted by molar-refractivity contribution is 0.0693. The van der Waals surface area contributed by atoms with Crippen molar-refractivity contribution in [2.75, 3.05) is 24.6 Å². The maximum atomic E-state index is 6.04. The summed E-state index contributed by atoms with van der Waals surface area (Å²) in [5, 5.41) is 0. The van der Waals surface area contributed by atoms with Gasteiger partial charge in [-0.25, -0.2) is 0 Å². The highest BCUT2D eigenvalue weighted by Gasteiger charge is 2.32. The smallest absolute Gasteiger partial charge is 0.0452 e. The number of nitrogens with zero attached hydrogens (tertiary/aromatic N) is 1. The lowest BCUT2D eigenvalue weighted by atomic mass is 9.85. The molecular weight excluding hydrogens is 252 g/mol. The van der Waals surface area contributed by atoms with Crippen molar-refractivity contribution in [1.29, 1.82) is 0 Å². The molecule has 2 nitrogen and oxygen atoms in total. The summed E-state index contributed by atoms with van der Waals surface area (Å²) >= 11 is 1.96. The van der Waals surface area contributed by atoms with Crippen LogP contribution in [-0.4, -0.2) is 29.8 Å². The predicted molar refractivity (Wildman–Crippen MR) is 83.5 cm³/mol. The zero-order valence-electron chi connectivity index (χ0n) is 11.6. The number of hydrogen-bond donors (Lipinski definition) is 1. The van der Waals surface area contributed by atoms with E-state index in [-0.39, 0.29) is 0 Å². The Morgan fingerprint density at radius 1 is 1.11 bits per heavy atom. The largest absolute Gasteiger partial charge is 0.398 e. The van der Waals surface area contributed by atoms with Crippen LogP contribution in [0.25, 0.3) is 0 Å². The highest BCUT2D eigenvalue weighted by Crippen LogP contribution is 2.35. The van der Waals surface area contributed by atoms with Crippen molar-refractivity contribution in [2.45, 2.75) is 43.0 Å². The van der Waals surface area contributed by atoms with Crippen LogP contribution in [-0.2, 0) is 0 Å². The van der Waals surface area contributed by atoms with Crippen molar-refractivity contribution in [3.05, 3.63) is 24.3 Å². The molecule has 3 heteroatoms. The molecule has 0 spiro atoms. The number of hydrogen-bond acceptors (Lipinski definition) is 3. The maximum absolute atomic E-state index is 6.04. The Morgan fingerprint density at radius 2 is 1.95 bits per heavy atom. The molecule has 1 aromatic rings. The zero-order valence-corrected chi connectivity index (χ0v) is 12.4. The van der Waals surface area contributed by atoms with Crippen LogP contribution < -0.4 is 5.73 Å². The normalized spacial score (nSPS) is 28.0. The van der Waals surface area contributed by atoms with Crippen LogP contribution in [0, 0.1) is 5.92 Å². The van der Waals surface area contributed by atoms with Gasteiger partial charge in [0.2, 0.25) is 0 Å². The molecule has 0 unspecified atom stereocenters. The van der Waals surface area contributed by atoms with Gasteiger partial charge in [-0.2, -0.15) is 0 Å². The number of fused-ring (bicyclic) bond motifs is 1. The Balaban J connectivity index is 1.61. The van der Waals surface area contributed by atoms with E-state index in [0.717, 1.165) is 17.6 Å². The Morgan fingerprint density at radius 3 is 2.84 bits per heavy atom. The van der Waals surface area contributed by atoms with E-state index in [0.29, 0.717) is 0 Å². The third-order valence-electron chi connectivity index (χ3n) is 4.60. The molecule has 2 fully saturated rings.